The molecule has 1 aliphatic heterocycles. The van der Waals surface area contributed by atoms with Gasteiger partial charge >= 0.3 is 0 Å². The average Bonchev–Trinajstić information content (AvgIpc) is 3.08. The Hall–Kier alpha value is -3.19. The van der Waals surface area contributed by atoms with Crippen LogP contribution < -0.4 is 10.1 Å². The molecule has 156 valence electrons. The fourth-order valence-electron chi connectivity index (χ4n) is 3.60. The number of aromatic nitrogens is 2. The van der Waals surface area contributed by atoms with Crippen LogP contribution in [-0.2, 0) is 19.5 Å². The number of rotatable bonds is 7. The fourth-order valence-corrected chi connectivity index (χ4v) is 3.60. The molecule has 0 radical (unpaired) electrons. The lowest BCUT2D eigenvalue weighted by Crippen LogP contribution is -2.31. The smallest absolute Gasteiger partial charge is 0.269 e. The van der Waals surface area contributed by atoms with E-state index in [1.165, 1.54) is 12.1 Å². The number of ether oxygens (including phenoxy) is 1. The Morgan fingerprint density at radius 3 is 2.67 bits per heavy atom. The van der Waals surface area contributed by atoms with E-state index in [0.29, 0.717) is 25.4 Å². The summed E-state index contributed by atoms with van der Waals surface area (Å²) in [6.45, 7) is 3.93. The van der Waals surface area contributed by atoms with Crippen molar-refractivity contribution in [3.8, 4) is 5.75 Å². The molecule has 0 fully saturated rings. The molecule has 0 saturated carbocycles. The van der Waals surface area contributed by atoms with Crippen LogP contribution in [0.4, 0.5) is 4.39 Å². The van der Waals surface area contributed by atoms with Gasteiger partial charge < -0.3 is 14.6 Å². The molecular formula is C23H25FN4O2. The summed E-state index contributed by atoms with van der Waals surface area (Å²) < 4.78 is 20.7. The van der Waals surface area contributed by atoms with Crippen LogP contribution in [0.3, 0.4) is 0 Å². The highest BCUT2D eigenvalue weighted by Crippen LogP contribution is 2.14. The quantitative estimate of drug-likeness (QED) is 0.611. The topological polar surface area (TPSA) is 59.4 Å². The number of fused-ring (bicyclic) bond motifs is 1. The monoisotopic (exact) mass is 408 g/mol. The van der Waals surface area contributed by atoms with Crippen molar-refractivity contribution < 1.29 is 13.9 Å². The summed E-state index contributed by atoms with van der Waals surface area (Å²) in [7, 11) is 0. The number of benzene rings is 2. The highest BCUT2D eigenvalue weighted by atomic mass is 19.1. The summed E-state index contributed by atoms with van der Waals surface area (Å²) in [6, 6.07) is 16.1. The van der Waals surface area contributed by atoms with Crippen LogP contribution in [0.5, 0.6) is 5.75 Å². The van der Waals surface area contributed by atoms with Crippen molar-refractivity contribution in [2.45, 2.75) is 19.5 Å². The van der Waals surface area contributed by atoms with Crippen molar-refractivity contribution in [3.05, 3.63) is 83.7 Å². The summed E-state index contributed by atoms with van der Waals surface area (Å²) in [5.41, 5.74) is 1.65. The largest absolute Gasteiger partial charge is 0.492 e. The standard InChI is InChI=1S/C23H25FN4O2/c24-19-8-6-18(7-9-19)17-27-12-10-22-26-16-21(28(22)14-13-27)23(29)25-11-15-30-20-4-2-1-3-5-20/h1-9,16H,10-15,17H2,(H,25,29). The summed E-state index contributed by atoms with van der Waals surface area (Å²) in [5.74, 6) is 1.34. The molecule has 2 heterocycles. The highest BCUT2D eigenvalue weighted by molar-refractivity contribution is 5.92. The first-order chi connectivity index (χ1) is 14.7. The van der Waals surface area contributed by atoms with Gasteiger partial charge in [-0.1, -0.05) is 30.3 Å². The van der Waals surface area contributed by atoms with Crippen molar-refractivity contribution in [2.24, 2.45) is 0 Å². The second-order valence-corrected chi connectivity index (χ2v) is 7.28. The number of imidazole rings is 1. The van der Waals surface area contributed by atoms with E-state index in [1.54, 1.807) is 6.20 Å². The Morgan fingerprint density at radius 1 is 1.07 bits per heavy atom. The Bertz CT molecular complexity index is 973. The molecule has 0 spiro atoms. The summed E-state index contributed by atoms with van der Waals surface area (Å²) in [5, 5.41) is 2.91. The van der Waals surface area contributed by atoms with E-state index in [-0.39, 0.29) is 11.7 Å². The second kappa shape index (κ2) is 9.54. The maximum absolute atomic E-state index is 13.1. The number of hydrogen-bond donors (Lipinski definition) is 1. The molecule has 3 aromatic rings. The van der Waals surface area contributed by atoms with Gasteiger partial charge in [0.05, 0.1) is 12.7 Å². The van der Waals surface area contributed by atoms with Crippen molar-refractivity contribution in [3.63, 3.8) is 0 Å². The number of amides is 1. The zero-order valence-corrected chi connectivity index (χ0v) is 16.8. The Labute approximate surface area is 175 Å². The first kappa shape index (κ1) is 20.1. The van der Waals surface area contributed by atoms with Gasteiger partial charge in [-0.05, 0) is 29.8 Å². The first-order valence-electron chi connectivity index (χ1n) is 10.2. The predicted octanol–water partition coefficient (Wildman–Crippen LogP) is 2.89. The summed E-state index contributed by atoms with van der Waals surface area (Å²) in [4.78, 5) is 19.4. The van der Waals surface area contributed by atoms with Crippen molar-refractivity contribution in [1.29, 1.82) is 0 Å². The van der Waals surface area contributed by atoms with Crippen LogP contribution >= 0.6 is 0 Å². The van der Waals surface area contributed by atoms with E-state index in [2.05, 4.69) is 15.2 Å². The molecular weight excluding hydrogens is 383 g/mol. The Morgan fingerprint density at radius 2 is 1.87 bits per heavy atom. The number of hydrogen-bond acceptors (Lipinski definition) is 4. The lowest BCUT2D eigenvalue weighted by molar-refractivity contribution is 0.0937. The maximum atomic E-state index is 13.1. The van der Waals surface area contributed by atoms with Crippen LogP contribution in [0.25, 0.3) is 0 Å². The minimum atomic E-state index is -0.223. The van der Waals surface area contributed by atoms with Crippen molar-refractivity contribution in [1.82, 2.24) is 19.8 Å². The van der Waals surface area contributed by atoms with E-state index in [4.69, 9.17) is 4.74 Å². The van der Waals surface area contributed by atoms with Crippen molar-refractivity contribution >= 4 is 5.91 Å². The highest BCUT2D eigenvalue weighted by Gasteiger charge is 2.20. The molecule has 1 N–H and O–H groups in total. The average molecular weight is 408 g/mol. The van der Waals surface area contributed by atoms with E-state index in [1.807, 2.05) is 47.0 Å². The number of halogens is 1. The van der Waals surface area contributed by atoms with Gasteiger partial charge in [-0.2, -0.15) is 0 Å². The third kappa shape index (κ3) is 5.04. The van der Waals surface area contributed by atoms with Gasteiger partial charge in [0.1, 0.15) is 29.7 Å². The van der Waals surface area contributed by atoms with Gasteiger partial charge in [-0.25, -0.2) is 9.37 Å². The maximum Gasteiger partial charge on any atom is 0.269 e. The van der Waals surface area contributed by atoms with Crippen LogP contribution in [0.1, 0.15) is 21.9 Å². The van der Waals surface area contributed by atoms with E-state index in [9.17, 15) is 9.18 Å². The molecule has 0 aliphatic carbocycles. The fraction of sp³-hybridized carbons (Fsp3) is 0.304. The van der Waals surface area contributed by atoms with Gasteiger partial charge in [0.25, 0.3) is 5.91 Å². The third-order valence-corrected chi connectivity index (χ3v) is 5.18. The Balaban J connectivity index is 1.29. The van der Waals surface area contributed by atoms with Gasteiger partial charge in [0, 0.05) is 32.6 Å². The third-order valence-electron chi connectivity index (χ3n) is 5.18. The minimum Gasteiger partial charge on any atom is -0.492 e. The summed E-state index contributed by atoms with van der Waals surface area (Å²) in [6.07, 6.45) is 2.42. The zero-order chi connectivity index (χ0) is 20.8. The first-order valence-corrected chi connectivity index (χ1v) is 10.2. The van der Waals surface area contributed by atoms with Gasteiger partial charge in [0.2, 0.25) is 0 Å². The lowest BCUT2D eigenvalue weighted by Gasteiger charge is -2.19. The number of carbonyl (C=O) groups is 1. The number of carbonyl (C=O) groups excluding carboxylic acids is 1. The normalized spacial score (nSPS) is 14.0. The van der Waals surface area contributed by atoms with Crippen LogP contribution in [0.2, 0.25) is 0 Å². The summed E-state index contributed by atoms with van der Waals surface area (Å²) >= 11 is 0. The SMILES string of the molecule is O=C(NCCOc1ccccc1)c1cnc2n1CCN(Cc1ccc(F)cc1)CC2. The van der Waals surface area contributed by atoms with E-state index >= 15 is 0 Å². The van der Waals surface area contributed by atoms with E-state index < -0.39 is 0 Å². The molecule has 30 heavy (non-hydrogen) atoms. The van der Waals surface area contributed by atoms with Gasteiger partial charge in [-0.15, -0.1) is 0 Å². The molecule has 6 nitrogen and oxygen atoms in total. The van der Waals surface area contributed by atoms with E-state index in [0.717, 1.165) is 43.2 Å². The molecule has 2 aromatic carbocycles. The van der Waals surface area contributed by atoms with Gasteiger partial charge in [-0.3, -0.25) is 9.69 Å². The molecule has 0 saturated heterocycles. The predicted molar refractivity (Wildman–Crippen MR) is 112 cm³/mol. The molecule has 1 aliphatic rings. The number of nitrogens with zero attached hydrogens (tertiary/aromatic N) is 3. The second-order valence-electron chi connectivity index (χ2n) is 7.28. The molecule has 0 atom stereocenters. The molecule has 1 aromatic heterocycles. The van der Waals surface area contributed by atoms with Crippen molar-refractivity contribution in [2.75, 3.05) is 26.2 Å². The lowest BCUT2D eigenvalue weighted by atomic mass is 10.2. The number of nitrogens with one attached hydrogen (secondary N) is 1. The van der Waals surface area contributed by atoms with Crippen LogP contribution in [0, 0.1) is 5.82 Å². The number of para-hydroxylation sites is 1. The zero-order valence-electron chi connectivity index (χ0n) is 16.8. The molecule has 1 amide bonds. The van der Waals surface area contributed by atoms with Gasteiger partial charge in [0.15, 0.2) is 0 Å². The van der Waals surface area contributed by atoms with Crippen LogP contribution in [-0.4, -0.2) is 46.6 Å². The molecule has 7 heteroatoms. The molecule has 0 unspecified atom stereocenters. The molecule has 4 rings (SSSR count). The Kier molecular flexibility index (Phi) is 6.39. The minimum absolute atomic E-state index is 0.141. The molecule has 0 bridgehead atoms. The van der Waals surface area contributed by atoms with Crippen LogP contribution in [0.15, 0.2) is 60.8 Å².